The molecule has 0 aromatic heterocycles. The van der Waals surface area contributed by atoms with E-state index in [0.717, 1.165) is 16.7 Å². The monoisotopic (exact) mass is 375 g/mol. The molecule has 0 spiro atoms. The first kappa shape index (κ1) is 19.8. The minimum absolute atomic E-state index is 0.128. The lowest BCUT2D eigenvalue weighted by molar-refractivity contribution is 0.252. The Morgan fingerprint density at radius 1 is 1.12 bits per heavy atom. The predicted octanol–water partition coefficient (Wildman–Crippen LogP) is 3.19. The van der Waals surface area contributed by atoms with Crippen LogP contribution in [0.3, 0.4) is 0 Å². The first-order chi connectivity index (χ1) is 12.3. The molecule has 4 N–H and O–H groups in total. The summed E-state index contributed by atoms with van der Waals surface area (Å²) in [6.07, 6.45) is 2.33. The Hall–Kier alpha value is -2.54. The van der Waals surface area contributed by atoms with E-state index in [1.54, 1.807) is 6.07 Å². The number of hydrogen-bond acceptors (Lipinski definition) is 4. The Morgan fingerprint density at radius 3 is 2.46 bits per heavy atom. The summed E-state index contributed by atoms with van der Waals surface area (Å²) in [5.74, 6) is 0.128. The van der Waals surface area contributed by atoms with E-state index in [1.165, 1.54) is 6.26 Å². The quantitative estimate of drug-likeness (QED) is 0.511. The van der Waals surface area contributed by atoms with Crippen LogP contribution >= 0.6 is 0 Å². The van der Waals surface area contributed by atoms with E-state index >= 15 is 0 Å². The largest absolute Gasteiger partial charge is 0.399 e. The SMILES string of the molecule is Cc1cc(N)cc(NC(=O)NCCCCS(C)(=O)=O)c1-c1ccccc1. The number of anilines is 2. The van der Waals surface area contributed by atoms with Crippen molar-refractivity contribution in [2.75, 3.05) is 29.6 Å². The van der Waals surface area contributed by atoms with Gasteiger partial charge in [0.15, 0.2) is 0 Å². The van der Waals surface area contributed by atoms with Crippen molar-refractivity contribution in [1.82, 2.24) is 5.32 Å². The van der Waals surface area contributed by atoms with Gasteiger partial charge in [-0.05, 0) is 43.0 Å². The van der Waals surface area contributed by atoms with Gasteiger partial charge < -0.3 is 16.4 Å². The van der Waals surface area contributed by atoms with Crippen molar-refractivity contribution in [2.45, 2.75) is 19.8 Å². The molecule has 7 heteroatoms. The number of amides is 2. The van der Waals surface area contributed by atoms with Gasteiger partial charge in [-0.25, -0.2) is 13.2 Å². The highest BCUT2D eigenvalue weighted by molar-refractivity contribution is 7.90. The minimum Gasteiger partial charge on any atom is -0.399 e. The molecule has 0 atom stereocenters. The number of unbranched alkanes of at least 4 members (excludes halogenated alkanes) is 1. The summed E-state index contributed by atoms with van der Waals surface area (Å²) in [5, 5.41) is 5.60. The summed E-state index contributed by atoms with van der Waals surface area (Å²) in [6, 6.07) is 13.0. The molecule has 0 aliphatic rings. The zero-order valence-electron chi connectivity index (χ0n) is 15.1. The van der Waals surface area contributed by atoms with E-state index < -0.39 is 9.84 Å². The number of carbonyl (C=O) groups excluding carboxylic acids is 1. The Labute approximate surface area is 154 Å². The molecule has 0 bridgehead atoms. The number of nitrogen functional groups attached to an aromatic ring is 1. The van der Waals surface area contributed by atoms with Crippen molar-refractivity contribution in [1.29, 1.82) is 0 Å². The Morgan fingerprint density at radius 2 is 1.81 bits per heavy atom. The molecule has 0 saturated heterocycles. The first-order valence-corrected chi connectivity index (χ1v) is 10.5. The van der Waals surface area contributed by atoms with Crippen LogP contribution in [0.1, 0.15) is 18.4 Å². The molecule has 0 radical (unpaired) electrons. The summed E-state index contributed by atoms with van der Waals surface area (Å²) in [4.78, 5) is 12.2. The van der Waals surface area contributed by atoms with Crippen molar-refractivity contribution in [2.24, 2.45) is 0 Å². The maximum absolute atomic E-state index is 12.2. The number of rotatable bonds is 7. The van der Waals surface area contributed by atoms with Crippen LogP contribution in [0, 0.1) is 6.92 Å². The van der Waals surface area contributed by atoms with Crippen molar-refractivity contribution < 1.29 is 13.2 Å². The number of nitrogens with two attached hydrogens (primary N) is 1. The van der Waals surface area contributed by atoms with E-state index in [1.807, 2.05) is 43.3 Å². The molecule has 2 amide bonds. The fourth-order valence-corrected chi connectivity index (χ4v) is 3.49. The number of benzene rings is 2. The molecule has 0 fully saturated rings. The van der Waals surface area contributed by atoms with E-state index in [9.17, 15) is 13.2 Å². The third-order valence-electron chi connectivity index (χ3n) is 3.90. The number of sulfone groups is 1. The van der Waals surface area contributed by atoms with E-state index in [0.29, 0.717) is 30.8 Å². The van der Waals surface area contributed by atoms with Gasteiger partial charge in [0, 0.05) is 29.8 Å². The molecule has 0 unspecified atom stereocenters. The lowest BCUT2D eigenvalue weighted by Crippen LogP contribution is -2.30. The molecular weight excluding hydrogens is 350 g/mol. The fraction of sp³-hybridized carbons (Fsp3) is 0.316. The molecule has 2 aromatic rings. The van der Waals surface area contributed by atoms with Crippen molar-refractivity contribution in [3.63, 3.8) is 0 Å². The van der Waals surface area contributed by atoms with E-state index in [4.69, 9.17) is 5.73 Å². The number of carbonyl (C=O) groups is 1. The second-order valence-electron chi connectivity index (χ2n) is 6.34. The van der Waals surface area contributed by atoms with Crippen LogP contribution in [0.2, 0.25) is 0 Å². The molecule has 0 aliphatic carbocycles. The molecule has 0 saturated carbocycles. The predicted molar refractivity (Wildman–Crippen MR) is 107 cm³/mol. The molecule has 2 rings (SSSR count). The standard InChI is InChI=1S/C19H25N3O3S/c1-14-12-16(20)13-17(18(14)15-8-4-3-5-9-15)22-19(23)21-10-6-7-11-26(2,24)25/h3-5,8-9,12-13H,6-7,10-11,20H2,1-2H3,(H2,21,22,23). The Kier molecular flexibility index (Phi) is 6.63. The molecule has 6 nitrogen and oxygen atoms in total. The van der Waals surface area contributed by atoms with Gasteiger partial charge in [-0.15, -0.1) is 0 Å². The van der Waals surface area contributed by atoms with Gasteiger partial charge in [0.1, 0.15) is 9.84 Å². The van der Waals surface area contributed by atoms with Gasteiger partial charge in [0.25, 0.3) is 0 Å². The van der Waals surface area contributed by atoms with Crippen LogP contribution in [0.25, 0.3) is 11.1 Å². The third-order valence-corrected chi connectivity index (χ3v) is 4.93. The maximum Gasteiger partial charge on any atom is 0.319 e. The fourth-order valence-electron chi connectivity index (χ4n) is 2.76. The maximum atomic E-state index is 12.2. The number of aryl methyl sites for hydroxylation is 1. The molecule has 0 heterocycles. The zero-order valence-corrected chi connectivity index (χ0v) is 15.9. The normalized spacial score (nSPS) is 11.2. The van der Waals surface area contributed by atoms with Gasteiger partial charge in [-0.2, -0.15) is 0 Å². The summed E-state index contributed by atoms with van der Waals surface area (Å²) in [7, 11) is -2.96. The van der Waals surface area contributed by atoms with Crippen LogP contribution in [-0.2, 0) is 9.84 Å². The Balaban J connectivity index is 2.03. The summed E-state index contributed by atoms with van der Waals surface area (Å²) in [5.41, 5.74) is 10.0. The van der Waals surface area contributed by atoms with Crippen LogP contribution in [0.15, 0.2) is 42.5 Å². The lowest BCUT2D eigenvalue weighted by atomic mass is 9.98. The van der Waals surface area contributed by atoms with Crippen LogP contribution in [0.5, 0.6) is 0 Å². The van der Waals surface area contributed by atoms with E-state index in [-0.39, 0.29) is 11.8 Å². The highest BCUT2D eigenvalue weighted by atomic mass is 32.2. The van der Waals surface area contributed by atoms with Crippen molar-refractivity contribution in [3.05, 3.63) is 48.0 Å². The van der Waals surface area contributed by atoms with Crippen molar-refractivity contribution in [3.8, 4) is 11.1 Å². The summed E-state index contributed by atoms with van der Waals surface area (Å²) >= 11 is 0. The smallest absolute Gasteiger partial charge is 0.319 e. The van der Waals surface area contributed by atoms with Crippen LogP contribution in [0.4, 0.5) is 16.2 Å². The number of hydrogen-bond donors (Lipinski definition) is 3. The third kappa shape index (κ3) is 6.07. The average Bonchev–Trinajstić information content (AvgIpc) is 2.53. The van der Waals surface area contributed by atoms with Crippen LogP contribution < -0.4 is 16.4 Å². The highest BCUT2D eigenvalue weighted by Gasteiger charge is 2.12. The molecule has 0 aliphatic heterocycles. The topological polar surface area (TPSA) is 101 Å². The van der Waals surface area contributed by atoms with Crippen molar-refractivity contribution >= 4 is 27.2 Å². The second kappa shape index (κ2) is 8.71. The molecule has 26 heavy (non-hydrogen) atoms. The lowest BCUT2D eigenvalue weighted by Gasteiger charge is -2.16. The Bertz CT molecular complexity index is 865. The van der Waals surface area contributed by atoms with Gasteiger partial charge in [-0.3, -0.25) is 0 Å². The summed E-state index contributed by atoms with van der Waals surface area (Å²) in [6.45, 7) is 2.36. The van der Waals surface area contributed by atoms with Gasteiger partial charge in [0.2, 0.25) is 0 Å². The number of urea groups is 1. The van der Waals surface area contributed by atoms with Gasteiger partial charge >= 0.3 is 6.03 Å². The molecular formula is C19H25N3O3S. The second-order valence-corrected chi connectivity index (χ2v) is 8.60. The highest BCUT2D eigenvalue weighted by Crippen LogP contribution is 2.33. The van der Waals surface area contributed by atoms with E-state index in [2.05, 4.69) is 10.6 Å². The summed E-state index contributed by atoms with van der Waals surface area (Å²) < 4.78 is 22.2. The first-order valence-electron chi connectivity index (χ1n) is 8.44. The van der Waals surface area contributed by atoms with Gasteiger partial charge in [-0.1, -0.05) is 30.3 Å². The zero-order chi connectivity index (χ0) is 19.2. The minimum atomic E-state index is -2.96. The van der Waals surface area contributed by atoms with Crippen LogP contribution in [-0.4, -0.2) is 33.0 Å². The van der Waals surface area contributed by atoms with Gasteiger partial charge in [0.05, 0.1) is 5.69 Å². The molecule has 140 valence electrons. The average molecular weight is 375 g/mol. The molecule has 2 aromatic carbocycles. The number of nitrogens with one attached hydrogen (secondary N) is 2.